The number of halogens is 1. The van der Waals surface area contributed by atoms with Crippen LogP contribution in [0.4, 0.5) is 0 Å². The van der Waals surface area contributed by atoms with Crippen molar-refractivity contribution >= 4 is 12.4 Å². The van der Waals surface area contributed by atoms with Crippen molar-refractivity contribution in [3.8, 4) is 28.4 Å². The van der Waals surface area contributed by atoms with Crippen LogP contribution in [0.15, 0.2) is 24.3 Å². The van der Waals surface area contributed by atoms with E-state index in [0.717, 1.165) is 42.9 Å². The summed E-state index contributed by atoms with van der Waals surface area (Å²) in [6.07, 6.45) is 4.42. The maximum atomic E-state index is 10.5. The second-order valence-corrected chi connectivity index (χ2v) is 7.38. The molecule has 2 aromatic rings. The number of aromatic hydroxyl groups is 1. The van der Waals surface area contributed by atoms with Gasteiger partial charge in [-0.05, 0) is 67.0 Å². The van der Waals surface area contributed by atoms with Gasteiger partial charge in [0.1, 0.15) is 5.75 Å². The number of hydrogen-bond donors (Lipinski definition) is 2. The topological polar surface area (TPSA) is 50.7 Å². The number of benzene rings is 2. The van der Waals surface area contributed by atoms with Crippen LogP contribution < -0.4 is 14.8 Å². The molecular formula is C21H24ClNO3. The Hall–Kier alpha value is -1.91. The number of methoxy groups -OCH3 is 1. The van der Waals surface area contributed by atoms with Crippen LogP contribution in [0.3, 0.4) is 0 Å². The summed E-state index contributed by atoms with van der Waals surface area (Å²) in [7, 11) is 1.63. The first kappa shape index (κ1) is 17.5. The largest absolute Gasteiger partial charge is 0.504 e. The zero-order valence-electron chi connectivity index (χ0n) is 14.9. The highest BCUT2D eigenvalue weighted by Gasteiger charge is 2.35. The Morgan fingerprint density at radius 2 is 2.04 bits per heavy atom. The average molecular weight is 374 g/mol. The van der Waals surface area contributed by atoms with Crippen molar-refractivity contribution in [2.75, 3.05) is 20.3 Å². The van der Waals surface area contributed by atoms with E-state index < -0.39 is 0 Å². The molecule has 1 aliphatic heterocycles. The van der Waals surface area contributed by atoms with Crippen LogP contribution in [0.5, 0.6) is 17.2 Å². The van der Waals surface area contributed by atoms with Gasteiger partial charge in [0.25, 0.3) is 0 Å². The first-order valence-corrected chi connectivity index (χ1v) is 9.17. The number of phenols is 1. The molecule has 138 valence electrons. The summed E-state index contributed by atoms with van der Waals surface area (Å²) in [4.78, 5) is 0. The molecule has 3 aliphatic rings. The Kier molecular flexibility index (Phi) is 4.49. The molecule has 1 atom stereocenters. The minimum absolute atomic E-state index is 0. The van der Waals surface area contributed by atoms with E-state index in [2.05, 4.69) is 17.4 Å². The van der Waals surface area contributed by atoms with Gasteiger partial charge in [-0.25, -0.2) is 0 Å². The van der Waals surface area contributed by atoms with Crippen LogP contribution >= 0.6 is 12.4 Å². The third-order valence-corrected chi connectivity index (χ3v) is 5.68. The second-order valence-electron chi connectivity index (χ2n) is 7.38. The summed E-state index contributed by atoms with van der Waals surface area (Å²) >= 11 is 0. The summed E-state index contributed by atoms with van der Waals surface area (Å²) < 4.78 is 11.8. The summed E-state index contributed by atoms with van der Waals surface area (Å²) in [5.74, 6) is 2.41. The van der Waals surface area contributed by atoms with Crippen molar-refractivity contribution in [1.82, 2.24) is 5.32 Å². The SMILES string of the molecule is COc1c(O)cc2c3c1-c1c(cccc1OCC1CC1)CC3NCC2.Cl. The molecule has 2 aromatic carbocycles. The maximum absolute atomic E-state index is 10.5. The summed E-state index contributed by atoms with van der Waals surface area (Å²) in [5, 5.41) is 14.2. The van der Waals surface area contributed by atoms with E-state index in [9.17, 15) is 5.11 Å². The van der Waals surface area contributed by atoms with E-state index >= 15 is 0 Å². The van der Waals surface area contributed by atoms with Gasteiger partial charge < -0.3 is 19.9 Å². The molecule has 26 heavy (non-hydrogen) atoms. The van der Waals surface area contributed by atoms with Crippen LogP contribution in [0.25, 0.3) is 11.1 Å². The van der Waals surface area contributed by atoms with E-state index in [1.54, 1.807) is 7.11 Å². The van der Waals surface area contributed by atoms with Gasteiger partial charge in [-0.3, -0.25) is 0 Å². The molecule has 0 saturated heterocycles. The predicted molar refractivity (Wildman–Crippen MR) is 104 cm³/mol. The molecule has 2 N–H and O–H groups in total. The lowest BCUT2D eigenvalue weighted by Crippen LogP contribution is -2.34. The first-order chi connectivity index (χ1) is 12.3. The molecule has 1 saturated carbocycles. The van der Waals surface area contributed by atoms with Crippen LogP contribution in [0, 0.1) is 5.92 Å². The molecule has 1 unspecified atom stereocenters. The van der Waals surface area contributed by atoms with E-state index in [1.807, 2.05) is 12.1 Å². The van der Waals surface area contributed by atoms with Crippen molar-refractivity contribution < 1.29 is 14.6 Å². The Balaban J connectivity index is 0.00000168. The van der Waals surface area contributed by atoms with Gasteiger partial charge in [-0.15, -0.1) is 12.4 Å². The highest BCUT2D eigenvalue weighted by Crippen LogP contribution is 2.53. The quantitative estimate of drug-likeness (QED) is 0.849. The lowest BCUT2D eigenvalue weighted by molar-refractivity contribution is 0.300. The van der Waals surface area contributed by atoms with Crippen molar-refractivity contribution in [2.24, 2.45) is 5.92 Å². The van der Waals surface area contributed by atoms with Gasteiger partial charge in [-0.1, -0.05) is 12.1 Å². The first-order valence-electron chi connectivity index (χ1n) is 9.17. The van der Waals surface area contributed by atoms with E-state index in [-0.39, 0.29) is 24.2 Å². The number of hydrogen-bond acceptors (Lipinski definition) is 4. The normalized spacial score (nSPS) is 19.8. The van der Waals surface area contributed by atoms with Crippen molar-refractivity contribution in [3.63, 3.8) is 0 Å². The standard InChI is InChI=1S/C21H23NO3.ClH/c1-24-21-16(23)10-14-7-8-22-15-9-13-3-2-4-17(25-11-12-5-6-12)19(13)20(21)18(14)15;/h2-4,10,12,15,22-23H,5-9,11H2,1H3;1H. The maximum Gasteiger partial charge on any atom is 0.168 e. The minimum Gasteiger partial charge on any atom is -0.504 e. The van der Waals surface area contributed by atoms with Gasteiger partial charge >= 0.3 is 0 Å². The molecule has 0 radical (unpaired) electrons. The molecule has 5 rings (SSSR count). The molecule has 1 fully saturated rings. The number of rotatable bonds is 4. The molecule has 1 heterocycles. The third-order valence-electron chi connectivity index (χ3n) is 5.68. The van der Waals surface area contributed by atoms with Crippen LogP contribution in [0.1, 0.15) is 35.6 Å². The number of nitrogens with one attached hydrogen (secondary N) is 1. The summed E-state index contributed by atoms with van der Waals surface area (Å²) in [6.45, 7) is 1.72. The van der Waals surface area contributed by atoms with E-state index in [1.165, 1.54) is 29.5 Å². The van der Waals surface area contributed by atoms with Gasteiger partial charge in [0.05, 0.1) is 13.7 Å². The minimum atomic E-state index is 0. The molecule has 0 aromatic heterocycles. The molecule has 0 amide bonds. The fourth-order valence-corrected chi connectivity index (χ4v) is 4.30. The van der Waals surface area contributed by atoms with Crippen LogP contribution in [0.2, 0.25) is 0 Å². The number of phenolic OH excluding ortho intramolecular Hbond substituents is 1. The third kappa shape index (κ3) is 2.72. The lowest BCUT2D eigenvalue weighted by atomic mass is 9.77. The zero-order valence-corrected chi connectivity index (χ0v) is 15.7. The van der Waals surface area contributed by atoms with Crippen molar-refractivity contribution in [1.29, 1.82) is 0 Å². The predicted octanol–water partition coefficient (Wildman–Crippen LogP) is 4.02. The van der Waals surface area contributed by atoms with Gasteiger partial charge in [0.15, 0.2) is 11.5 Å². The molecule has 2 aliphatic carbocycles. The highest BCUT2D eigenvalue weighted by atomic mass is 35.5. The lowest BCUT2D eigenvalue weighted by Gasteiger charge is -2.36. The Morgan fingerprint density at radius 1 is 1.19 bits per heavy atom. The Morgan fingerprint density at radius 3 is 2.81 bits per heavy atom. The fraction of sp³-hybridized carbons (Fsp3) is 0.429. The van der Waals surface area contributed by atoms with Crippen LogP contribution in [-0.4, -0.2) is 25.4 Å². The molecular weight excluding hydrogens is 350 g/mol. The van der Waals surface area contributed by atoms with Gasteiger partial charge in [-0.2, -0.15) is 0 Å². The number of fused-ring (bicyclic) bond motifs is 2. The average Bonchev–Trinajstić information content (AvgIpc) is 3.44. The Bertz CT molecular complexity index is 848. The van der Waals surface area contributed by atoms with E-state index in [0.29, 0.717) is 11.7 Å². The monoisotopic (exact) mass is 373 g/mol. The Labute approximate surface area is 159 Å². The second kappa shape index (κ2) is 6.67. The van der Waals surface area contributed by atoms with E-state index in [4.69, 9.17) is 9.47 Å². The van der Waals surface area contributed by atoms with Crippen LogP contribution in [-0.2, 0) is 12.8 Å². The van der Waals surface area contributed by atoms with Crippen molar-refractivity contribution in [2.45, 2.75) is 31.7 Å². The summed E-state index contributed by atoms with van der Waals surface area (Å²) in [5.41, 5.74) is 5.88. The van der Waals surface area contributed by atoms with Crippen molar-refractivity contribution in [3.05, 3.63) is 41.0 Å². The highest BCUT2D eigenvalue weighted by molar-refractivity contribution is 5.87. The fourth-order valence-electron chi connectivity index (χ4n) is 4.30. The zero-order chi connectivity index (χ0) is 17.0. The molecule has 4 nitrogen and oxygen atoms in total. The smallest absolute Gasteiger partial charge is 0.168 e. The summed E-state index contributed by atoms with van der Waals surface area (Å²) in [6, 6.07) is 8.45. The molecule has 0 bridgehead atoms. The van der Waals surface area contributed by atoms with Gasteiger partial charge in [0, 0.05) is 17.2 Å². The molecule has 0 spiro atoms. The van der Waals surface area contributed by atoms with Gasteiger partial charge in [0.2, 0.25) is 0 Å². The number of ether oxygens (including phenoxy) is 2. The molecule has 5 heteroatoms.